The molecule has 0 spiro atoms. The molecule has 0 aliphatic rings. The molecule has 0 amide bonds. The third-order valence-electron chi connectivity index (χ3n) is 1.62. The maximum absolute atomic E-state index is 5.63. The van der Waals surface area contributed by atoms with Crippen LogP contribution in [0.2, 0.25) is 0 Å². The van der Waals surface area contributed by atoms with E-state index in [0.29, 0.717) is 18.0 Å². The molecular formula is C10H16N2O. The minimum Gasteiger partial charge on any atom is -0.399 e. The number of anilines is 2. The zero-order valence-electron chi connectivity index (χ0n) is 8.08. The Morgan fingerprint density at radius 3 is 2.15 bits per heavy atom. The molecular weight excluding hydrogens is 164 g/mol. The predicted molar refractivity (Wildman–Crippen MR) is 55.2 cm³/mol. The summed E-state index contributed by atoms with van der Waals surface area (Å²) in [6.07, 6.45) is 0.225. The van der Waals surface area contributed by atoms with E-state index in [-0.39, 0.29) is 6.10 Å². The Hall–Kier alpha value is -1.22. The minimum absolute atomic E-state index is 0.225. The van der Waals surface area contributed by atoms with Crippen LogP contribution in [0.3, 0.4) is 0 Å². The van der Waals surface area contributed by atoms with Crippen molar-refractivity contribution in [2.75, 3.05) is 11.5 Å². The number of benzene rings is 1. The van der Waals surface area contributed by atoms with Gasteiger partial charge in [0.05, 0.1) is 12.7 Å². The first kappa shape index (κ1) is 9.86. The van der Waals surface area contributed by atoms with E-state index >= 15 is 0 Å². The van der Waals surface area contributed by atoms with Gasteiger partial charge in [-0.3, -0.25) is 0 Å². The molecule has 0 aliphatic carbocycles. The molecule has 0 aromatic heterocycles. The zero-order valence-corrected chi connectivity index (χ0v) is 8.08. The lowest BCUT2D eigenvalue weighted by atomic mass is 10.2. The molecule has 0 radical (unpaired) electrons. The maximum atomic E-state index is 5.63. The molecule has 0 fully saturated rings. The number of nitrogens with two attached hydrogens (primary N) is 2. The Morgan fingerprint density at radius 1 is 1.15 bits per heavy atom. The van der Waals surface area contributed by atoms with Gasteiger partial charge in [-0.2, -0.15) is 0 Å². The molecule has 4 N–H and O–H groups in total. The van der Waals surface area contributed by atoms with Crippen molar-refractivity contribution in [3.05, 3.63) is 23.8 Å². The second kappa shape index (κ2) is 4.14. The molecule has 3 nitrogen and oxygen atoms in total. The van der Waals surface area contributed by atoms with Gasteiger partial charge in [-0.15, -0.1) is 0 Å². The largest absolute Gasteiger partial charge is 0.399 e. The van der Waals surface area contributed by atoms with E-state index < -0.39 is 0 Å². The first-order chi connectivity index (χ1) is 6.08. The third-order valence-corrected chi connectivity index (χ3v) is 1.62. The number of nitrogen functional groups attached to an aromatic ring is 2. The Kier molecular flexibility index (Phi) is 3.14. The van der Waals surface area contributed by atoms with Crippen LogP contribution in [0.5, 0.6) is 0 Å². The van der Waals surface area contributed by atoms with Crippen LogP contribution in [-0.2, 0) is 11.3 Å². The summed E-state index contributed by atoms with van der Waals surface area (Å²) in [5.74, 6) is 0. The van der Waals surface area contributed by atoms with Gasteiger partial charge < -0.3 is 16.2 Å². The van der Waals surface area contributed by atoms with Gasteiger partial charge in [0, 0.05) is 11.4 Å². The van der Waals surface area contributed by atoms with Gasteiger partial charge >= 0.3 is 0 Å². The van der Waals surface area contributed by atoms with Gasteiger partial charge in [0.1, 0.15) is 0 Å². The van der Waals surface area contributed by atoms with Gasteiger partial charge in [0.2, 0.25) is 0 Å². The summed E-state index contributed by atoms with van der Waals surface area (Å²) in [6.45, 7) is 4.55. The molecule has 1 rings (SSSR count). The van der Waals surface area contributed by atoms with E-state index in [0.717, 1.165) is 5.56 Å². The highest BCUT2D eigenvalue weighted by atomic mass is 16.5. The first-order valence-electron chi connectivity index (χ1n) is 4.34. The maximum Gasteiger partial charge on any atom is 0.0721 e. The molecule has 0 bridgehead atoms. The lowest BCUT2D eigenvalue weighted by molar-refractivity contribution is 0.0657. The lowest BCUT2D eigenvalue weighted by Crippen LogP contribution is -2.03. The molecule has 0 unspecified atom stereocenters. The second-order valence-electron chi connectivity index (χ2n) is 3.37. The number of hydrogen-bond donors (Lipinski definition) is 2. The second-order valence-corrected chi connectivity index (χ2v) is 3.37. The standard InChI is InChI=1S/C10H16N2O/c1-7(2)13-6-8-3-9(11)5-10(12)4-8/h3-5,7H,6,11-12H2,1-2H3. The third kappa shape index (κ3) is 3.34. The molecule has 0 atom stereocenters. The summed E-state index contributed by atoms with van der Waals surface area (Å²) in [5, 5.41) is 0. The van der Waals surface area contributed by atoms with Gasteiger partial charge in [-0.25, -0.2) is 0 Å². The van der Waals surface area contributed by atoms with E-state index in [1.807, 2.05) is 26.0 Å². The van der Waals surface area contributed by atoms with Gasteiger partial charge in [0.15, 0.2) is 0 Å². The van der Waals surface area contributed by atoms with Gasteiger partial charge in [-0.1, -0.05) is 0 Å². The molecule has 72 valence electrons. The van der Waals surface area contributed by atoms with E-state index in [1.165, 1.54) is 0 Å². The average Bonchev–Trinajstić information content (AvgIpc) is 1.99. The average molecular weight is 180 g/mol. The topological polar surface area (TPSA) is 61.3 Å². The summed E-state index contributed by atoms with van der Waals surface area (Å²) >= 11 is 0. The van der Waals surface area contributed by atoms with Crippen LogP contribution in [0.1, 0.15) is 19.4 Å². The van der Waals surface area contributed by atoms with Crippen molar-refractivity contribution in [3.8, 4) is 0 Å². The van der Waals surface area contributed by atoms with E-state index in [1.54, 1.807) is 6.07 Å². The van der Waals surface area contributed by atoms with Crippen LogP contribution in [0.15, 0.2) is 18.2 Å². The number of rotatable bonds is 3. The summed E-state index contributed by atoms with van der Waals surface area (Å²) in [4.78, 5) is 0. The highest BCUT2D eigenvalue weighted by Crippen LogP contribution is 2.14. The molecule has 0 heterocycles. The van der Waals surface area contributed by atoms with Crippen molar-refractivity contribution in [2.24, 2.45) is 0 Å². The SMILES string of the molecule is CC(C)OCc1cc(N)cc(N)c1. The van der Waals surface area contributed by atoms with Crippen molar-refractivity contribution < 1.29 is 4.74 Å². The van der Waals surface area contributed by atoms with Crippen LogP contribution in [0.25, 0.3) is 0 Å². The van der Waals surface area contributed by atoms with Crippen LogP contribution in [0, 0.1) is 0 Å². The Bertz CT molecular complexity index is 264. The molecule has 0 saturated carbocycles. The van der Waals surface area contributed by atoms with Crippen LogP contribution < -0.4 is 11.5 Å². The highest BCUT2D eigenvalue weighted by Gasteiger charge is 1.98. The van der Waals surface area contributed by atoms with Gasteiger partial charge in [-0.05, 0) is 37.6 Å². The van der Waals surface area contributed by atoms with E-state index in [2.05, 4.69) is 0 Å². The highest BCUT2D eigenvalue weighted by molar-refractivity contribution is 5.54. The Balaban J connectivity index is 2.66. The quantitative estimate of drug-likeness (QED) is 0.697. The first-order valence-corrected chi connectivity index (χ1v) is 4.34. The molecule has 3 heteroatoms. The summed E-state index contributed by atoms with van der Waals surface area (Å²) in [5.41, 5.74) is 13.6. The Morgan fingerprint density at radius 2 is 1.69 bits per heavy atom. The fourth-order valence-corrected chi connectivity index (χ4v) is 1.09. The van der Waals surface area contributed by atoms with Crippen LogP contribution in [0.4, 0.5) is 11.4 Å². The lowest BCUT2D eigenvalue weighted by Gasteiger charge is -2.08. The fraction of sp³-hybridized carbons (Fsp3) is 0.400. The smallest absolute Gasteiger partial charge is 0.0721 e. The molecule has 0 saturated heterocycles. The van der Waals surface area contributed by atoms with Crippen molar-refractivity contribution in [1.29, 1.82) is 0 Å². The summed E-state index contributed by atoms with van der Waals surface area (Å²) < 4.78 is 5.43. The normalized spacial score (nSPS) is 10.7. The van der Waals surface area contributed by atoms with Crippen molar-refractivity contribution >= 4 is 11.4 Å². The molecule has 0 aliphatic heterocycles. The molecule has 1 aromatic rings. The monoisotopic (exact) mass is 180 g/mol. The predicted octanol–water partition coefficient (Wildman–Crippen LogP) is 1.78. The zero-order chi connectivity index (χ0) is 9.84. The number of hydrogen-bond acceptors (Lipinski definition) is 3. The van der Waals surface area contributed by atoms with Gasteiger partial charge in [0.25, 0.3) is 0 Å². The fourth-order valence-electron chi connectivity index (χ4n) is 1.09. The summed E-state index contributed by atoms with van der Waals surface area (Å²) in [7, 11) is 0. The molecule has 13 heavy (non-hydrogen) atoms. The van der Waals surface area contributed by atoms with Crippen molar-refractivity contribution in [2.45, 2.75) is 26.6 Å². The number of ether oxygens (including phenoxy) is 1. The van der Waals surface area contributed by atoms with E-state index in [4.69, 9.17) is 16.2 Å². The van der Waals surface area contributed by atoms with E-state index in [9.17, 15) is 0 Å². The van der Waals surface area contributed by atoms with Crippen molar-refractivity contribution in [1.82, 2.24) is 0 Å². The Labute approximate surface area is 78.7 Å². The summed E-state index contributed by atoms with van der Waals surface area (Å²) in [6, 6.07) is 5.48. The van der Waals surface area contributed by atoms with Crippen LogP contribution in [-0.4, -0.2) is 6.10 Å². The van der Waals surface area contributed by atoms with Crippen LogP contribution >= 0.6 is 0 Å². The minimum atomic E-state index is 0.225. The molecule has 1 aromatic carbocycles. The van der Waals surface area contributed by atoms with Crippen molar-refractivity contribution in [3.63, 3.8) is 0 Å².